The second kappa shape index (κ2) is 8.33. The van der Waals surface area contributed by atoms with Crippen LogP contribution in [0.3, 0.4) is 0 Å². The molecule has 122 valence electrons. The Hall–Kier alpha value is -2.34. The number of hydrogen-bond donors (Lipinski definition) is 2. The van der Waals surface area contributed by atoms with Crippen molar-refractivity contribution >= 4 is 28.8 Å². The average molecular weight is 331 g/mol. The standard InChI is InChI=1S/C17H21N3O2S/c1-13(11-20(2)15-6-4-3-5-7-15)19-16(21)10-18-17(22)14-8-9-23-12-14/h3-9,12-13H,10-11H2,1-2H3,(H,18,22)(H,19,21)/t13-/m0/s1. The highest BCUT2D eigenvalue weighted by Crippen LogP contribution is 2.11. The van der Waals surface area contributed by atoms with E-state index in [4.69, 9.17) is 0 Å². The summed E-state index contributed by atoms with van der Waals surface area (Å²) in [7, 11) is 1.98. The van der Waals surface area contributed by atoms with E-state index < -0.39 is 0 Å². The molecule has 23 heavy (non-hydrogen) atoms. The van der Waals surface area contributed by atoms with Crippen LogP contribution in [0.5, 0.6) is 0 Å². The summed E-state index contributed by atoms with van der Waals surface area (Å²) in [4.78, 5) is 25.7. The maximum absolute atomic E-state index is 11.9. The molecule has 0 saturated carbocycles. The molecule has 0 saturated heterocycles. The molecule has 5 nitrogen and oxygen atoms in total. The molecule has 1 aromatic heterocycles. The number of carbonyl (C=O) groups excluding carboxylic acids is 2. The van der Waals surface area contributed by atoms with E-state index in [0.29, 0.717) is 12.1 Å². The fourth-order valence-corrected chi connectivity index (χ4v) is 2.86. The quantitative estimate of drug-likeness (QED) is 0.817. The van der Waals surface area contributed by atoms with Crippen LogP contribution < -0.4 is 15.5 Å². The molecule has 2 aromatic rings. The number of benzene rings is 1. The van der Waals surface area contributed by atoms with Crippen LogP contribution in [-0.2, 0) is 4.79 Å². The third-order valence-corrected chi connectivity index (χ3v) is 4.03. The predicted octanol–water partition coefficient (Wildman–Crippen LogP) is 2.12. The molecule has 1 aromatic carbocycles. The fourth-order valence-electron chi connectivity index (χ4n) is 2.23. The van der Waals surface area contributed by atoms with E-state index in [0.717, 1.165) is 5.69 Å². The maximum atomic E-state index is 11.9. The lowest BCUT2D eigenvalue weighted by Crippen LogP contribution is -2.45. The molecule has 0 spiro atoms. The normalized spacial score (nSPS) is 11.6. The SMILES string of the molecule is C[C@@H](CN(C)c1ccccc1)NC(=O)CNC(=O)c1ccsc1. The number of thiophene rings is 1. The third kappa shape index (κ3) is 5.41. The molecule has 0 aliphatic rings. The molecule has 6 heteroatoms. The Morgan fingerprint density at radius 3 is 2.61 bits per heavy atom. The minimum absolute atomic E-state index is 0.0198. The van der Waals surface area contributed by atoms with E-state index in [1.54, 1.807) is 11.4 Å². The van der Waals surface area contributed by atoms with Gasteiger partial charge in [-0.05, 0) is 30.5 Å². The Bertz CT molecular complexity index is 629. The van der Waals surface area contributed by atoms with Crippen molar-refractivity contribution in [2.24, 2.45) is 0 Å². The molecule has 0 fully saturated rings. The largest absolute Gasteiger partial charge is 0.373 e. The zero-order valence-electron chi connectivity index (χ0n) is 13.3. The van der Waals surface area contributed by atoms with Gasteiger partial charge in [0.1, 0.15) is 0 Å². The van der Waals surface area contributed by atoms with Gasteiger partial charge in [-0.25, -0.2) is 0 Å². The summed E-state index contributed by atoms with van der Waals surface area (Å²) in [6, 6.07) is 11.7. The zero-order valence-corrected chi connectivity index (χ0v) is 14.1. The van der Waals surface area contributed by atoms with Gasteiger partial charge in [0.15, 0.2) is 0 Å². The molecule has 0 unspecified atom stereocenters. The minimum atomic E-state index is -0.226. The molecule has 0 aliphatic carbocycles. The van der Waals surface area contributed by atoms with Crippen molar-refractivity contribution in [1.29, 1.82) is 0 Å². The van der Waals surface area contributed by atoms with E-state index in [2.05, 4.69) is 15.5 Å². The summed E-state index contributed by atoms with van der Waals surface area (Å²) in [5.74, 6) is -0.419. The monoisotopic (exact) mass is 331 g/mol. The van der Waals surface area contributed by atoms with Gasteiger partial charge >= 0.3 is 0 Å². The summed E-state index contributed by atoms with van der Waals surface area (Å²) in [6.07, 6.45) is 0. The molecule has 1 atom stereocenters. The fraction of sp³-hybridized carbons (Fsp3) is 0.294. The summed E-state index contributed by atoms with van der Waals surface area (Å²) >= 11 is 1.45. The van der Waals surface area contributed by atoms with Crippen LogP contribution in [0.1, 0.15) is 17.3 Å². The Morgan fingerprint density at radius 2 is 1.96 bits per heavy atom. The van der Waals surface area contributed by atoms with Crippen molar-refractivity contribution in [3.05, 3.63) is 52.7 Å². The summed E-state index contributed by atoms with van der Waals surface area (Å²) in [5, 5.41) is 9.09. The Kier molecular flexibility index (Phi) is 6.17. The summed E-state index contributed by atoms with van der Waals surface area (Å²) in [6.45, 7) is 2.61. The summed E-state index contributed by atoms with van der Waals surface area (Å²) < 4.78 is 0. The maximum Gasteiger partial charge on any atom is 0.252 e. The van der Waals surface area contributed by atoms with Gasteiger partial charge in [0, 0.05) is 36.3 Å². The van der Waals surface area contributed by atoms with Crippen LogP contribution in [0, 0.1) is 0 Å². The van der Waals surface area contributed by atoms with Crippen LogP contribution in [0.15, 0.2) is 47.2 Å². The zero-order chi connectivity index (χ0) is 16.7. The van der Waals surface area contributed by atoms with Crippen molar-refractivity contribution in [3.63, 3.8) is 0 Å². The van der Waals surface area contributed by atoms with E-state index in [9.17, 15) is 9.59 Å². The van der Waals surface area contributed by atoms with E-state index in [1.807, 2.05) is 49.7 Å². The summed E-state index contributed by atoms with van der Waals surface area (Å²) in [5.41, 5.74) is 1.68. The average Bonchev–Trinajstić information content (AvgIpc) is 3.07. The van der Waals surface area contributed by atoms with Gasteiger partial charge in [0.2, 0.25) is 5.91 Å². The van der Waals surface area contributed by atoms with Crippen molar-refractivity contribution in [3.8, 4) is 0 Å². The first-order valence-corrected chi connectivity index (χ1v) is 8.36. The predicted molar refractivity (Wildman–Crippen MR) is 94.0 cm³/mol. The number of rotatable bonds is 7. The molecule has 1 heterocycles. The number of nitrogens with one attached hydrogen (secondary N) is 2. The van der Waals surface area contributed by atoms with E-state index >= 15 is 0 Å². The smallest absolute Gasteiger partial charge is 0.252 e. The molecule has 2 N–H and O–H groups in total. The molecule has 0 aliphatic heterocycles. The van der Waals surface area contributed by atoms with Gasteiger partial charge in [-0.3, -0.25) is 9.59 Å². The molecule has 2 amide bonds. The third-order valence-electron chi connectivity index (χ3n) is 3.34. The van der Waals surface area contributed by atoms with Gasteiger partial charge in [-0.15, -0.1) is 0 Å². The van der Waals surface area contributed by atoms with E-state index in [-0.39, 0.29) is 24.4 Å². The second-order valence-electron chi connectivity index (χ2n) is 5.38. The van der Waals surface area contributed by atoms with Crippen LogP contribution in [0.2, 0.25) is 0 Å². The molecular formula is C17H21N3O2S. The number of likely N-dealkylation sites (N-methyl/N-ethyl adjacent to an activating group) is 1. The number of hydrogen-bond acceptors (Lipinski definition) is 4. The molecular weight excluding hydrogens is 310 g/mol. The van der Waals surface area contributed by atoms with Crippen molar-refractivity contribution in [2.75, 3.05) is 25.0 Å². The lowest BCUT2D eigenvalue weighted by atomic mass is 10.2. The number of anilines is 1. The number of amides is 2. The highest BCUT2D eigenvalue weighted by Gasteiger charge is 2.12. The number of nitrogens with zero attached hydrogens (tertiary/aromatic N) is 1. The van der Waals surface area contributed by atoms with Gasteiger partial charge in [0.05, 0.1) is 6.54 Å². The number of carbonyl (C=O) groups is 2. The molecule has 2 rings (SSSR count). The van der Waals surface area contributed by atoms with Gasteiger partial charge in [0.25, 0.3) is 5.91 Å². The van der Waals surface area contributed by atoms with Crippen LogP contribution in [0.25, 0.3) is 0 Å². The second-order valence-corrected chi connectivity index (χ2v) is 6.16. The minimum Gasteiger partial charge on any atom is -0.373 e. The van der Waals surface area contributed by atoms with Crippen LogP contribution in [0.4, 0.5) is 5.69 Å². The first-order chi connectivity index (χ1) is 11.1. The van der Waals surface area contributed by atoms with Crippen molar-refractivity contribution in [2.45, 2.75) is 13.0 Å². The Balaban J connectivity index is 1.73. The topological polar surface area (TPSA) is 61.4 Å². The Labute approximate surface area is 140 Å². The highest BCUT2D eigenvalue weighted by atomic mass is 32.1. The van der Waals surface area contributed by atoms with Crippen molar-refractivity contribution in [1.82, 2.24) is 10.6 Å². The highest BCUT2D eigenvalue weighted by molar-refractivity contribution is 7.08. The lowest BCUT2D eigenvalue weighted by molar-refractivity contribution is -0.120. The van der Waals surface area contributed by atoms with Crippen molar-refractivity contribution < 1.29 is 9.59 Å². The Morgan fingerprint density at radius 1 is 1.22 bits per heavy atom. The van der Waals surface area contributed by atoms with Gasteiger partial charge < -0.3 is 15.5 Å². The number of para-hydroxylation sites is 1. The van der Waals surface area contributed by atoms with Crippen LogP contribution in [-0.4, -0.2) is 38.0 Å². The first-order valence-electron chi connectivity index (χ1n) is 7.42. The van der Waals surface area contributed by atoms with Gasteiger partial charge in [-0.2, -0.15) is 11.3 Å². The van der Waals surface area contributed by atoms with E-state index in [1.165, 1.54) is 11.3 Å². The first kappa shape index (κ1) is 17.0. The molecule has 0 bridgehead atoms. The molecule has 0 radical (unpaired) electrons. The van der Waals surface area contributed by atoms with Gasteiger partial charge in [-0.1, -0.05) is 18.2 Å². The van der Waals surface area contributed by atoms with Crippen LogP contribution >= 0.6 is 11.3 Å². The lowest BCUT2D eigenvalue weighted by Gasteiger charge is -2.24.